The lowest BCUT2D eigenvalue weighted by Crippen LogP contribution is -2.45. The van der Waals surface area contributed by atoms with Crippen LogP contribution in [0.4, 0.5) is 0 Å². The number of unbranched alkanes of at least 4 members (excludes halogenated alkanes) is 38. The number of aliphatic hydroxyl groups excluding tert-OH is 2. The Labute approximate surface area is 423 Å². The fourth-order valence-electron chi connectivity index (χ4n) is 8.94. The number of carbonyl (C=O) groups excluding carboxylic acids is 2. The molecule has 0 bridgehead atoms. The molecular formula is C62H115NO5. The molecule has 0 rings (SSSR count). The van der Waals surface area contributed by atoms with Crippen LogP contribution < -0.4 is 5.32 Å². The third-order valence-corrected chi connectivity index (χ3v) is 13.6. The molecule has 6 nitrogen and oxygen atoms in total. The molecule has 2 unspecified atom stereocenters. The summed E-state index contributed by atoms with van der Waals surface area (Å²) >= 11 is 0. The van der Waals surface area contributed by atoms with E-state index in [1.54, 1.807) is 6.08 Å². The second-order valence-electron chi connectivity index (χ2n) is 20.3. The van der Waals surface area contributed by atoms with Gasteiger partial charge in [0.1, 0.15) is 0 Å². The summed E-state index contributed by atoms with van der Waals surface area (Å²) in [5.41, 5.74) is 0. The fraction of sp³-hybridized carbons (Fsp3) is 0.839. The largest absolute Gasteiger partial charge is 0.466 e. The van der Waals surface area contributed by atoms with Gasteiger partial charge in [0.2, 0.25) is 5.91 Å². The first-order valence-electron chi connectivity index (χ1n) is 29.9. The van der Waals surface area contributed by atoms with E-state index in [-0.39, 0.29) is 18.5 Å². The van der Waals surface area contributed by atoms with Crippen LogP contribution in [-0.4, -0.2) is 47.4 Å². The van der Waals surface area contributed by atoms with E-state index in [1.165, 1.54) is 218 Å². The van der Waals surface area contributed by atoms with Crippen LogP contribution in [0.2, 0.25) is 0 Å². The van der Waals surface area contributed by atoms with Crippen molar-refractivity contribution in [2.75, 3.05) is 13.2 Å². The first-order valence-corrected chi connectivity index (χ1v) is 29.9. The Morgan fingerprint density at radius 1 is 0.412 bits per heavy atom. The molecule has 68 heavy (non-hydrogen) atoms. The smallest absolute Gasteiger partial charge is 0.305 e. The van der Waals surface area contributed by atoms with Crippen molar-refractivity contribution in [3.63, 3.8) is 0 Å². The van der Waals surface area contributed by atoms with Gasteiger partial charge in [-0.1, -0.05) is 262 Å². The van der Waals surface area contributed by atoms with Crippen molar-refractivity contribution >= 4 is 11.9 Å². The number of amides is 1. The molecule has 0 spiro atoms. The molecule has 0 saturated carbocycles. The van der Waals surface area contributed by atoms with Gasteiger partial charge in [0.15, 0.2) is 0 Å². The highest BCUT2D eigenvalue weighted by atomic mass is 16.5. The van der Waals surface area contributed by atoms with Gasteiger partial charge in [0.25, 0.3) is 0 Å². The van der Waals surface area contributed by atoms with Crippen LogP contribution in [0.15, 0.2) is 48.6 Å². The average molecular weight is 955 g/mol. The standard InChI is InChI=1S/C62H115NO5/c1-3-5-7-9-11-13-15-16-17-25-28-31-35-38-42-46-50-54-60(65)59(58-64)63-61(66)55-51-47-43-39-36-32-29-26-23-21-19-18-20-22-24-27-30-33-37-41-45-49-53-57-68-62(67)56-52-48-44-40-34-14-12-10-8-6-4-2/h10,12,18,20-21,23,50,54,59-60,64-65H,3-9,11,13-17,19,22,24-49,51-53,55-58H2,1-2H3,(H,63,66)/b12-10-,20-18-,23-21-,54-50+. The quantitative estimate of drug-likeness (QED) is 0.0321. The van der Waals surface area contributed by atoms with Gasteiger partial charge in [0.05, 0.1) is 25.4 Å². The molecule has 1 amide bonds. The molecule has 0 radical (unpaired) electrons. The molecular weight excluding hydrogens is 839 g/mol. The zero-order valence-corrected chi connectivity index (χ0v) is 45.3. The number of rotatable bonds is 55. The van der Waals surface area contributed by atoms with Crippen LogP contribution >= 0.6 is 0 Å². The number of ether oxygens (including phenoxy) is 1. The zero-order chi connectivity index (χ0) is 49.3. The van der Waals surface area contributed by atoms with Crippen molar-refractivity contribution < 1.29 is 24.5 Å². The number of hydrogen-bond donors (Lipinski definition) is 3. The molecule has 0 aliphatic carbocycles. The zero-order valence-electron chi connectivity index (χ0n) is 45.3. The van der Waals surface area contributed by atoms with Crippen LogP contribution in [0.5, 0.6) is 0 Å². The Bertz CT molecular complexity index is 1150. The number of esters is 1. The summed E-state index contributed by atoms with van der Waals surface area (Å²) in [6.07, 6.45) is 72.8. The van der Waals surface area contributed by atoms with Crippen LogP contribution in [0.25, 0.3) is 0 Å². The van der Waals surface area contributed by atoms with Gasteiger partial charge >= 0.3 is 5.97 Å². The van der Waals surface area contributed by atoms with Gasteiger partial charge in [-0.15, -0.1) is 0 Å². The molecule has 0 saturated heterocycles. The molecule has 2 atom stereocenters. The molecule has 0 aromatic heterocycles. The molecule has 3 N–H and O–H groups in total. The van der Waals surface area contributed by atoms with Crippen LogP contribution in [-0.2, 0) is 14.3 Å². The summed E-state index contributed by atoms with van der Waals surface area (Å²) < 4.78 is 5.45. The summed E-state index contributed by atoms with van der Waals surface area (Å²) in [7, 11) is 0. The Hall–Kier alpha value is -2.18. The van der Waals surface area contributed by atoms with Gasteiger partial charge < -0.3 is 20.3 Å². The minimum absolute atomic E-state index is 0.00507. The van der Waals surface area contributed by atoms with Gasteiger partial charge in [-0.3, -0.25) is 9.59 Å². The number of aliphatic hydroxyl groups is 2. The monoisotopic (exact) mass is 954 g/mol. The third kappa shape index (κ3) is 53.2. The topological polar surface area (TPSA) is 95.9 Å². The molecule has 0 aliphatic rings. The predicted octanol–water partition coefficient (Wildman–Crippen LogP) is 18.6. The number of carbonyl (C=O) groups is 2. The minimum atomic E-state index is -0.852. The van der Waals surface area contributed by atoms with E-state index in [0.717, 1.165) is 64.2 Å². The summed E-state index contributed by atoms with van der Waals surface area (Å²) in [6.45, 7) is 4.86. The summed E-state index contributed by atoms with van der Waals surface area (Å²) in [4.78, 5) is 24.4. The highest BCUT2D eigenvalue weighted by Gasteiger charge is 2.18. The Morgan fingerprint density at radius 3 is 1.18 bits per heavy atom. The van der Waals surface area contributed by atoms with Crippen molar-refractivity contribution in [1.29, 1.82) is 0 Å². The minimum Gasteiger partial charge on any atom is -0.466 e. The first-order chi connectivity index (χ1) is 33.5. The molecule has 0 fully saturated rings. The number of hydrogen-bond acceptors (Lipinski definition) is 5. The lowest BCUT2D eigenvalue weighted by atomic mass is 10.0. The number of allylic oxidation sites excluding steroid dienone is 7. The highest BCUT2D eigenvalue weighted by molar-refractivity contribution is 5.76. The maximum Gasteiger partial charge on any atom is 0.305 e. The Kier molecular flexibility index (Phi) is 55.6. The van der Waals surface area contributed by atoms with Gasteiger partial charge in [0, 0.05) is 12.8 Å². The second-order valence-corrected chi connectivity index (χ2v) is 20.3. The molecule has 0 heterocycles. The summed E-state index contributed by atoms with van der Waals surface area (Å²) in [5, 5.41) is 23.1. The highest BCUT2D eigenvalue weighted by Crippen LogP contribution is 2.16. The molecule has 398 valence electrons. The average Bonchev–Trinajstić information content (AvgIpc) is 3.34. The summed E-state index contributed by atoms with van der Waals surface area (Å²) in [5.74, 6) is -0.0827. The van der Waals surface area contributed by atoms with Crippen molar-refractivity contribution in [3.8, 4) is 0 Å². The lowest BCUT2D eigenvalue weighted by Gasteiger charge is -2.20. The van der Waals surface area contributed by atoms with E-state index < -0.39 is 12.1 Å². The van der Waals surface area contributed by atoms with Crippen molar-refractivity contribution in [1.82, 2.24) is 5.32 Å². The van der Waals surface area contributed by atoms with Gasteiger partial charge in [-0.2, -0.15) is 0 Å². The predicted molar refractivity (Wildman–Crippen MR) is 296 cm³/mol. The van der Waals surface area contributed by atoms with E-state index in [9.17, 15) is 19.8 Å². The maximum absolute atomic E-state index is 12.5. The van der Waals surface area contributed by atoms with E-state index in [4.69, 9.17) is 4.74 Å². The van der Waals surface area contributed by atoms with E-state index in [0.29, 0.717) is 19.4 Å². The first kappa shape index (κ1) is 65.8. The SMILES string of the molecule is CCCC/C=C\CCCCCCCC(=O)OCCCCCCCCCCC/C=C\C/C=C\CCCCCCCCCC(=O)NC(CO)C(O)/C=C/CCCCCCCCCCCCCCCCC. The molecule has 0 aliphatic heterocycles. The Morgan fingerprint density at radius 2 is 0.750 bits per heavy atom. The Balaban J connectivity index is 3.50. The van der Waals surface area contributed by atoms with Gasteiger partial charge in [-0.05, 0) is 83.5 Å². The number of nitrogens with one attached hydrogen (secondary N) is 1. The third-order valence-electron chi connectivity index (χ3n) is 13.6. The van der Waals surface area contributed by atoms with Crippen LogP contribution in [0, 0.1) is 0 Å². The van der Waals surface area contributed by atoms with E-state index >= 15 is 0 Å². The van der Waals surface area contributed by atoms with Crippen molar-refractivity contribution in [3.05, 3.63) is 48.6 Å². The maximum atomic E-state index is 12.5. The molecule has 6 heteroatoms. The molecule has 0 aromatic rings. The van der Waals surface area contributed by atoms with Gasteiger partial charge in [-0.25, -0.2) is 0 Å². The van der Waals surface area contributed by atoms with E-state index in [1.807, 2.05) is 6.08 Å². The fourth-order valence-corrected chi connectivity index (χ4v) is 8.94. The lowest BCUT2D eigenvalue weighted by molar-refractivity contribution is -0.143. The van der Waals surface area contributed by atoms with Crippen molar-refractivity contribution in [2.45, 2.75) is 321 Å². The van der Waals surface area contributed by atoms with Crippen LogP contribution in [0.3, 0.4) is 0 Å². The molecule has 0 aromatic carbocycles. The van der Waals surface area contributed by atoms with Crippen LogP contribution in [0.1, 0.15) is 309 Å². The van der Waals surface area contributed by atoms with Crippen molar-refractivity contribution in [2.24, 2.45) is 0 Å². The summed E-state index contributed by atoms with van der Waals surface area (Å²) in [6, 6.07) is -0.636. The van der Waals surface area contributed by atoms with E-state index in [2.05, 4.69) is 55.6 Å². The normalized spacial score (nSPS) is 12.9. The second kappa shape index (κ2) is 57.4.